The van der Waals surface area contributed by atoms with E-state index in [0.717, 1.165) is 22.5 Å². The van der Waals surface area contributed by atoms with Gasteiger partial charge in [-0.25, -0.2) is 0 Å². The summed E-state index contributed by atoms with van der Waals surface area (Å²) in [6.07, 6.45) is 2.81. The fourth-order valence-corrected chi connectivity index (χ4v) is 3.06. The second kappa shape index (κ2) is 5.37. The topological polar surface area (TPSA) is 43.4 Å². The van der Waals surface area contributed by atoms with Crippen molar-refractivity contribution < 1.29 is 12.6 Å². The Balaban J connectivity index is 2.06. The molecule has 0 radical (unpaired) electrons. The Morgan fingerprint density at radius 3 is 2.50 bits per heavy atom. The van der Waals surface area contributed by atoms with E-state index in [1.807, 2.05) is 31.2 Å². The summed E-state index contributed by atoms with van der Waals surface area (Å²) in [5, 5.41) is 1.69. The molecule has 2 rings (SSSR count). The summed E-state index contributed by atoms with van der Waals surface area (Å²) in [5.74, 6) is 0. The Kier molecular flexibility index (Phi) is 3.84. The van der Waals surface area contributed by atoms with E-state index in [1.54, 1.807) is 17.5 Å². The normalized spacial score (nSPS) is 11.8. The van der Waals surface area contributed by atoms with Gasteiger partial charge in [0.2, 0.25) is 0 Å². The highest BCUT2D eigenvalue weighted by atomic mass is 32.3. The summed E-state index contributed by atoms with van der Waals surface area (Å²) in [7, 11) is -3.66. The molecule has 1 aromatic heterocycles. The van der Waals surface area contributed by atoms with Gasteiger partial charge in [-0.05, 0) is 30.0 Å². The maximum atomic E-state index is 11.7. The van der Waals surface area contributed by atoms with Crippen LogP contribution in [0.4, 0.5) is 0 Å². The lowest BCUT2D eigenvalue weighted by Crippen LogP contribution is -1.99. The Labute approximate surface area is 110 Å². The maximum Gasteiger partial charge on any atom is 0.348 e. The lowest BCUT2D eigenvalue weighted by molar-refractivity contribution is 0.448. The van der Waals surface area contributed by atoms with E-state index in [2.05, 4.69) is 0 Å². The van der Waals surface area contributed by atoms with E-state index in [4.69, 9.17) is 4.18 Å². The fourth-order valence-electron chi connectivity index (χ4n) is 1.31. The van der Waals surface area contributed by atoms with E-state index in [1.165, 1.54) is 12.3 Å². The summed E-state index contributed by atoms with van der Waals surface area (Å²) in [6, 6.07) is 10.9. The van der Waals surface area contributed by atoms with Gasteiger partial charge in [0.15, 0.2) is 4.21 Å². The molecule has 3 nitrogen and oxygen atoms in total. The maximum absolute atomic E-state index is 11.7. The molecule has 1 heterocycles. The molecule has 1 aromatic carbocycles. The lowest BCUT2D eigenvalue weighted by atomic mass is 10.1. The second-order valence-corrected chi connectivity index (χ2v) is 6.44. The Morgan fingerprint density at radius 1 is 1.17 bits per heavy atom. The van der Waals surface area contributed by atoms with Crippen LogP contribution in [0.2, 0.25) is 0 Å². The van der Waals surface area contributed by atoms with Crippen molar-refractivity contribution in [3.8, 4) is 0 Å². The average Bonchev–Trinajstić information content (AvgIpc) is 2.86. The minimum absolute atomic E-state index is 0.205. The highest BCUT2D eigenvalue weighted by molar-refractivity contribution is 7.89. The van der Waals surface area contributed by atoms with Gasteiger partial charge in [0.05, 0.1) is 0 Å². The van der Waals surface area contributed by atoms with E-state index in [0.29, 0.717) is 0 Å². The molecule has 0 saturated carbocycles. The van der Waals surface area contributed by atoms with Crippen LogP contribution in [-0.4, -0.2) is 8.42 Å². The first-order valence-electron chi connectivity index (χ1n) is 5.28. The van der Waals surface area contributed by atoms with Crippen LogP contribution < -0.4 is 0 Å². The molecule has 94 valence electrons. The van der Waals surface area contributed by atoms with Crippen molar-refractivity contribution in [3.63, 3.8) is 0 Å². The van der Waals surface area contributed by atoms with Crippen LogP contribution in [0.15, 0.2) is 52.2 Å². The predicted octanol–water partition coefficient (Wildman–Crippen LogP) is 3.43. The van der Waals surface area contributed by atoms with Gasteiger partial charge >= 0.3 is 10.1 Å². The fraction of sp³-hybridized carbons (Fsp3) is 0.0769. The second-order valence-electron chi connectivity index (χ2n) is 3.70. The van der Waals surface area contributed by atoms with Crippen LogP contribution in [0, 0.1) is 6.92 Å². The third-order valence-electron chi connectivity index (χ3n) is 2.26. The monoisotopic (exact) mass is 280 g/mol. The highest BCUT2D eigenvalue weighted by Crippen LogP contribution is 2.18. The first-order chi connectivity index (χ1) is 8.58. The van der Waals surface area contributed by atoms with E-state index < -0.39 is 10.1 Å². The number of thiophene rings is 1. The van der Waals surface area contributed by atoms with Crippen LogP contribution in [0.25, 0.3) is 6.08 Å². The molecule has 5 heteroatoms. The third kappa shape index (κ3) is 3.21. The largest absolute Gasteiger partial charge is 0.386 e. The van der Waals surface area contributed by atoms with Crippen LogP contribution in [0.3, 0.4) is 0 Å². The van der Waals surface area contributed by atoms with Crippen LogP contribution >= 0.6 is 11.3 Å². The molecule has 0 bridgehead atoms. The van der Waals surface area contributed by atoms with Gasteiger partial charge in [-0.2, -0.15) is 8.42 Å². The molecule has 0 amide bonds. The summed E-state index contributed by atoms with van der Waals surface area (Å²) < 4.78 is 28.4. The quantitative estimate of drug-likeness (QED) is 0.636. The zero-order valence-electron chi connectivity index (χ0n) is 9.74. The zero-order chi connectivity index (χ0) is 13.0. The van der Waals surface area contributed by atoms with Gasteiger partial charge in [-0.3, -0.25) is 0 Å². The first-order valence-corrected chi connectivity index (χ1v) is 7.57. The van der Waals surface area contributed by atoms with Crippen molar-refractivity contribution >= 4 is 27.5 Å². The number of hydrogen-bond acceptors (Lipinski definition) is 4. The molecule has 0 spiro atoms. The van der Waals surface area contributed by atoms with Gasteiger partial charge in [0, 0.05) is 0 Å². The lowest BCUT2D eigenvalue weighted by Gasteiger charge is -1.99. The van der Waals surface area contributed by atoms with Gasteiger partial charge in [-0.15, -0.1) is 11.3 Å². The van der Waals surface area contributed by atoms with Gasteiger partial charge < -0.3 is 4.18 Å². The molecule has 0 atom stereocenters. The summed E-state index contributed by atoms with van der Waals surface area (Å²) >= 11 is 1.13. The molecule has 0 N–H and O–H groups in total. The van der Waals surface area contributed by atoms with Crippen molar-refractivity contribution in [2.24, 2.45) is 0 Å². The molecule has 18 heavy (non-hydrogen) atoms. The molecule has 0 aliphatic heterocycles. The molecule has 0 fully saturated rings. The molecular weight excluding hydrogens is 268 g/mol. The van der Waals surface area contributed by atoms with Crippen molar-refractivity contribution in [1.82, 2.24) is 0 Å². The average molecular weight is 280 g/mol. The molecular formula is C13H12O3S2. The number of hydrogen-bond donors (Lipinski definition) is 0. The summed E-state index contributed by atoms with van der Waals surface area (Å²) in [5.41, 5.74) is 2.04. The standard InChI is InChI=1S/C13H12O3S2/c1-11-4-6-12(7-5-11)8-9-16-18(14,15)13-3-2-10-17-13/h2-10H,1H3. The molecule has 2 aromatic rings. The minimum atomic E-state index is -3.66. The van der Waals surface area contributed by atoms with Gasteiger partial charge in [0.25, 0.3) is 0 Å². The Hall–Kier alpha value is -1.59. The van der Waals surface area contributed by atoms with Crippen molar-refractivity contribution in [2.75, 3.05) is 0 Å². The van der Waals surface area contributed by atoms with E-state index in [-0.39, 0.29) is 4.21 Å². The Bertz CT molecular complexity index is 623. The smallest absolute Gasteiger partial charge is 0.348 e. The molecule has 0 aliphatic carbocycles. The third-order valence-corrected chi connectivity index (χ3v) is 4.82. The minimum Gasteiger partial charge on any atom is -0.386 e. The summed E-state index contributed by atoms with van der Waals surface area (Å²) in [4.78, 5) is 0. The van der Waals surface area contributed by atoms with Crippen LogP contribution in [0.1, 0.15) is 11.1 Å². The SMILES string of the molecule is Cc1ccc(C=COS(=O)(=O)c2cccs2)cc1. The molecule has 0 aliphatic rings. The van der Waals surface area contributed by atoms with E-state index in [9.17, 15) is 8.42 Å². The van der Waals surface area contributed by atoms with Gasteiger partial charge in [-0.1, -0.05) is 35.9 Å². The highest BCUT2D eigenvalue weighted by Gasteiger charge is 2.14. The zero-order valence-corrected chi connectivity index (χ0v) is 11.4. The Morgan fingerprint density at radius 2 is 1.89 bits per heavy atom. The number of rotatable bonds is 4. The van der Waals surface area contributed by atoms with Gasteiger partial charge in [0.1, 0.15) is 6.26 Å². The van der Waals surface area contributed by atoms with Crippen LogP contribution in [0.5, 0.6) is 0 Å². The molecule has 0 unspecified atom stereocenters. The number of aryl methyl sites for hydroxylation is 1. The summed E-state index contributed by atoms with van der Waals surface area (Å²) in [6.45, 7) is 1.99. The van der Waals surface area contributed by atoms with E-state index >= 15 is 0 Å². The van der Waals surface area contributed by atoms with Crippen LogP contribution in [-0.2, 0) is 14.3 Å². The molecule has 0 saturated heterocycles. The van der Waals surface area contributed by atoms with Crippen molar-refractivity contribution in [2.45, 2.75) is 11.1 Å². The van der Waals surface area contributed by atoms with Crippen molar-refractivity contribution in [3.05, 3.63) is 59.2 Å². The van der Waals surface area contributed by atoms with Crippen molar-refractivity contribution in [1.29, 1.82) is 0 Å². The first kappa shape index (κ1) is 12.9. The number of benzene rings is 1. The predicted molar refractivity (Wildman–Crippen MR) is 72.8 cm³/mol.